The van der Waals surface area contributed by atoms with Crippen LogP contribution in [0.25, 0.3) is 11.1 Å². The standard InChI is InChI=1S/C19H15F3N2O2/c20-19(21,22)26-18-7-6-15(13-25)10-17(18)16-11-23-24(12-16)9-8-14-4-2-1-3-5-14/h1-7,10-13H,8-9H2. The van der Waals surface area contributed by atoms with Crippen LogP contribution in [0.3, 0.4) is 0 Å². The molecule has 0 spiro atoms. The molecule has 7 heteroatoms. The second-order valence-electron chi connectivity index (χ2n) is 5.65. The summed E-state index contributed by atoms with van der Waals surface area (Å²) < 4.78 is 43.6. The van der Waals surface area contributed by atoms with Crippen LogP contribution in [-0.4, -0.2) is 22.4 Å². The van der Waals surface area contributed by atoms with Gasteiger partial charge in [0.15, 0.2) is 0 Å². The first-order valence-electron chi connectivity index (χ1n) is 7.86. The molecule has 0 aliphatic carbocycles. The van der Waals surface area contributed by atoms with Crippen molar-refractivity contribution >= 4 is 6.29 Å². The van der Waals surface area contributed by atoms with Crippen molar-refractivity contribution in [2.45, 2.75) is 19.3 Å². The van der Waals surface area contributed by atoms with Crippen molar-refractivity contribution in [1.82, 2.24) is 9.78 Å². The van der Waals surface area contributed by atoms with E-state index in [1.54, 1.807) is 10.9 Å². The SMILES string of the molecule is O=Cc1ccc(OC(F)(F)F)c(-c2cnn(CCc3ccccc3)c2)c1. The molecular weight excluding hydrogens is 345 g/mol. The van der Waals surface area contributed by atoms with Crippen LogP contribution in [0.4, 0.5) is 13.2 Å². The predicted octanol–water partition coefficient (Wildman–Crippen LogP) is 4.50. The fourth-order valence-electron chi connectivity index (χ4n) is 2.57. The van der Waals surface area contributed by atoms with E-state index in [9.17, 15) is 18.0 Å². The quantitative estimate of drug-likeness (QED) is 0.608. The lowest BCUT2D eigenvalue weighted by atomic mass is 10.1. The van der Waals surface area contributed by atoms with Crippen LogP contribution in [-0.2, 0) is 13.0 Å². The molecule has 0 fully saturated rings. The Morgan fingerprint density at radius 2 is 1.88 bits per heavy atom. The minimum absolute atomic E-state index is 0.165. The van der Waals surface area contributed by atoms with Gasteiger partial charge in [0, 0.05) is 29.4 Å². The third-order valence-corrected chi connectivity index (χ3v) is 3.78. The summed E-state index contributed by atoms with van der Waals surface area (Å²) >= 11 is 0. The molecule has 26 heavy (non-hydrogen) atoms. The lowest BCUT2D eigenvalue weighted by molar-refractivity contribution is -0.274. The maximum atomic E-state index is 12.6. The number of benzene rings is 2. The number of carbonyl (C=O) groups is 1. The van der Waals surface area contributed by atoms with E-state index in [0.29, 0.717) is 18.4 Å². The molecule has 0 aliphatic heterocycles. The van der Waals surface area contributed by atoms with Gasteiger partial charge in [-0.05, 0) is 30.2 Å². The molecule has 0 aliphatic rings. The zero-order chi connectivity index (χ0) is 18.6. The number of aryl methyl sites for hydroxylation is 2. The Bertz CT molecular complexity index is 889. The van der Waals surface area contributed by atoms with Gasteiger partial charge in [0.2, 0.25) is 0 Å². The number of carbonyl (C=O) groups excluding carboxylic acids is 1. The number of aldehydes is 1. The van der Waals surface area contributed by atoms with Crippen molar-refractivity contribution < 1.29 is 22.7 Å². The maximum Gasteiger partial charge on any atom is 0.573 e. The van der Waals surface area contributed by atoms with Gasteiger partial charge in [-0.3, -0.25) is 9.48 Å². The second-order valence-corrected chi connectivity index (χ2v) is 5.65. The zero-order valence-corrected chi connectivity index (χ0v) is 13.6. The van der Waals surface area contributed by atoms with Gasteiger partial charge in [0.1, 0.15) is 12.0 Å². The Morgan fingerprint density at radius 1 is 1.12 bits per heavy atom. The van der Waals surface area contributed by atoms with Gasteiger partial charge < -0.3 is 4.74 Å². The van der Waals surface area contributed by atoms with Crippen LogP contribution in [0, 0.1) is 0 Å². The van der Waals surface area contributed by atoms with Crippen molar-refractivity contribution in [2.75, 3.05) is 0 Å². The Kier molecular flexibility index (Phi) is 5.06. The molecule has 0 N–H and O–H groups in total. The summed E-state index contributed by atoms with van der Waals surface area (Å²) in [6.07, 6.45) is -0.419. The number of alkyl halides is 3. The van der Waals surface area contributed by atoms with Gasteiger partial charge in [-0.1, -0.05) is 30.3 Å². The third kappa shape index (κ3) is 4.50. The van der Waals surface area contributed by atoms with Gasteiger partial charge >= 0.3 is 6.36 Å². The van der Waals surface area contributed by atoms with E-state index < -0.39 is 6.36 Å². The molecule has 1 heterocycles. The molecule has 0 bridgehead atoms. The van der Waals surface area contributed by atoms with E-state index in [0.717, 1.165) is 18.1 Å². The summed E-state index contributed by atoms with van der Waals surface area (Å²) in [5.74, 6) is -0.370. The van der Waals surface area contributed by atoms with Crippen LogP contribution in [0.15, 0.2) is 60.9 Å². The molecule has 0 unspecified atom stereocenters. The predicted molar refractivity (Wildman–Crippen MR) is 89.9 cm³/mol. The smallest absolute Gasteiger partial charge is 0.405 e. The molecule has 134 valence electrons. The number of aromatic nitrogens is 2. The van der Waals surface area contributed by atoms with Gasteiger partial charge in [-0.25, -0.2) is 0 Å². The molecule has 0 radical (unpaired) electrons. The van der Waals surface area contributed by atoms with Crippen molar-refractivity contribution in [3.8, 4) is 16.9 Å². The lowest BCUT2D eigenvalue weighted by Crippen LogP contribution is -2.17. The van der Waals surface area contributed by atoms with Gasteiger partial charge in [-0.15, -0.1) is 13.2 Å². The van der Waals surface area contributed by atoms with Gasteiger partial charge in [-0.2, -0.15) is 5.10 Å². The summed E-state index contributed by atoms with van der Waals surface area (Å²) in [4.78, 5) is 11.0. The van der Waals surface area contributed by atoms with Gasteiger partial charge in [0.05, 0.1) is 6.20 Å². The zero-order valence-electron chi connectivity index (χ0n) is 13.6. The maximum absolute atomic E-state index is 12.6. The first kappa shape index (κ1) is 17.7. The number of halogens is 3. The minimum atomic E-state index is -4.82. The van der Waals surface area contributed by atoms with Crippen molar-refractivity contribution in [3.63, 3.8) is 0 Å². The molecular formula is C19H15F3N2O2. The molecule has 2 aromatic carbocycles. The average Bonchev–Trinajstić information content (AvgIpc) is 3.09. The fraction of sp³-hybridized carbons (Fsp3) is 0.158. The van der Waals surface area contributed by atoms with Crippen molar-refractivity contribution in [2.24, 2.45) is 0 Å². The summed E-state index contributed by atoms with van der Waals surface area (Å²) in [5.41, 5.74) is 2.00. The lowest BCUT2D eigenvalue weighted by Gasteiger charge is -2.12. The molecule has 3 aromatic rings. The summed E-state index contributed by atoms with van der Waals surface area (Å²) in [6.45, 7) is 0.576. The van der Waals surface area contributed by atoms with Crippen LogP contribution in [0.5, 0.6) is 5.75 Å². The van der Waals surface area contributed by atoms with Crippen molar-refractivity contribution in [1.29, 1.82) is 0 Å². The number of nitrogens with zero attached hydrogens (tertiary/aromatic N) is 2. The summed E-state index contributed by atoms with van der Waals surface area (Å²) in [6, 6.07) is 13.6. The van der Waals surface area contributed by atoms with E-state index in [1.165, 1.54) is 18.3 Å². The highest BCUT2D eigenvalue weighted by atomic mass is 19.4. The molecule has 0 saturated heterocycles. The van der Waals surface area contributed by atoms with Crippen LogP contribution in [0.1, 0.15) is 15.9 Å². The van der Waals surface area contributed by atoms with E-state index in [-0.39, 0.29) is 16.9 Å². The Morgan fingerprint density at radius 3 is 2.58 bits per heavy atom. The Balaban J connectivity index is 1.84. The van der Waals surface area contributed by atoms with Gasteiger partial charge in [0.25, 0.3) is 0 Å². The van der Waals surface area contributed by atoms with E-state index in [2.05, 4.69) is 9.84 Å². The molecule has 1 aromatic heterocycles. The fourth-order valence-corrected chi connectivity index (χ4v) is 2.57. The summed E-state index contributed by atoms with van der Waals surface area (Å²) in [5, 5.41) is 4.19. The largest absolute Gasteiger partial charge is 0.573 e. The third-order valence-electron chi connectivity index (χ3n) is 3.78. The Hall–Kier alpha value is -3.09. The molecule has 3 rings (SSSR count). The number of hydrogen-bond donors (Lipinski definition) is 0. The molecule has 0 saturated carbocycles. The van der Waals surface area contributed by atoms with E-state index in [4.69, 9.17) is 0 Å². The van der Waals surface area contributed by atoms with Crippen LogP contribution >= 0.6 is 0 Å². The number of hydrogen-bond acceptors (Lipinski definition) is 3. The normalized spacial score (nSPS) is 11.3. The second kappa shape index (κ2) is 7.43. The summed E-state index contributed by atoms with van der Waals surface area (Å²) in [7, 11) is 0. The highest BCUT2D eigenvalue weighted by molar-refractivity contribution is 5.81. The van der Waals surface area contributed by atoms with Crippen LogP contribution in [0.2, 0.25) is 0 Å². The van der Waals surface area contributed by atoms with E-state index in [1.807, 2.05) is 30.3 Å². The molecule has 0 amide bonds. The Labute approximate surface area is 147 Å². The van der Waals surface area contributed by atoms with E-state index >= 15 is 0 Å². The first-order valence-corrected chi connectivity index (χ1v) is 7.86. The average molecular weight is 360 g/mol. The molecule has 4 nitrogen and oxygen atoms in total. The number of ether oxygens (including phenoxy) is 1. The highest BCUT2D eigenvalue weighted by Crippen LogP contribution is 2.34. The number of rotatable bonds is 6. The monoisotopic (exact) mass is 360 g/mol. The highest BCUT2D eigenvalue weighted by Gasteiger charge is 2.32. The minimum Gasteiger partial charge on any atom is -0.405 e. The topological polar surface area (TPSA) is 44.1 Å². The van der Waals surface area contributed by atoms with Crippen molar-refractivity contribution in [3.05, 3.63) is 72.1 Å². The van der Waals surface area contributed by atoms with Crippen LogP contribution < -0.4 is 4.74 Å². The molecule has 0 atom stereocenters. The first-order chi connectivity index (χ1) is 12.4.